The summed E-state index contributed by atoms with van der Waals surface area (Å²) in [4.78, 5) is 0. The first kappa shape index (κ1) is 22.8. The zero-order valence-electron chi connectivity index (χ0n) is 20.4. The molecule has 0 spiro atoms. The Morgan fingerprint density at radius 1 is 0.967 bits per heavy atom. The second-order valence-electron chi connectivity index (χ2n) is 12.6. The third-order valence-electron chi connectivity index (χ3n) is 11.2. The molecule has 0 aromatic rings. The van der Waals surface area contributed by atoms with Crippen molar-refractivity contribution < 1.29 is 10.2 Å². The van der Waals surface area contributed by atoms with Gasteiger partial charge in [0.2, 0.25) is 0 Å². The van der Waals surface area contributed by atoms with Crippen molar-refractivity contribution in [2.24, 2.45) is 52.3 Å². The Kier molecular flexibility index (Phi) is 6.50. The van der Waals surface area contributed by atoms with Gasteiger partial charge in [0, 0.05) is 6.61 Å². The molecule has 10 unspecified atom stereocenters. The maximum Gasteiger partial charge on any atom is 0.0577 e. The van der Waals surface area contributed by atoms with Gasteiger partial charge < -0.3 is 10.2 Å². The topological polar surface area (TPSA) is 40.5 Å². The highest BCUT2D eigenvalue weighted by Crippen LogP contribution is 2.67. The summed E-state index contributed by atoms with van der Waals surface area (Å²) in [5.74, 6) is 5.37. The van der Waals surface area contributed by atoms with Gasteiger partial charge in [-0.1, -0.05) is 59.1 Å². The van der Waals surface area contributed by atoms with Crippen LogP contribution in [0.25, 0.3) is 0 Å². The van der Waals surface area contributed by atoms with Crippen LogP contribution in [-0.2, 0) is 0 Å². The van der Waals surface area contributed by atoms with Crippen molar-refractivity contribution in [3.63, 3.8) is 0 Å². The molecule has 0 amide bonds. The number of aliphatic hydroxyl groups excluding tert-OH is 2. The number of fused-ring (bicyclic) bond motifs is 5. The second kappa shape index (κ2) is 8.54. The fourth-order valence-electron chi connectivity index (χ4n) is 8.81. The average molecular weight is 417 g/mol. The Hall–Kier alpha value is -0.340. The standard InChI is InChI=1S/C28H48O2/c1-18(20(3)17-29)6-7-19(2)24-10-11-25-23-9-8-21-16-22(30)12-14-27(21,4)26(23)13-15-28(24,25)5/h8,18-20,22-26,29-30H,6-7,9-17H2,1-5H3. The van der Waals surface area contributed by atoms with Crippen LogP contribution < -0.4 is 0 Å². The molecule has 10 atom stereocenters. The summed E-state index contributed by atoms with van der Waals surface area (Å²) in [5.41, 5.74) is 2.49. The lowest BCUT2D eigenvalue weighted by Crippen LogP contribution is -2.50. The minimum Gasteiger partial charge on any atom is -0.396 e. The van der Waals surface area contributed by atoms with Gasteiger partial charge in [-0.15, -0.1) is 0 Å². The number of hydrogen-bond acceptors (Lipinski definition) is 2. The van der Waals surface area contributed by atoms with Crippen molar-refractivity contribution in [3.05, 3.63) is 11.6 Å². The van der Waals surface area contributed by atoms with Gasteiger partial charge in [-0.3, -0.25) is 0 Å². The van der Waals surface area contributed by atoms with Gasteiger partial charge >= 0.3 is 0 Å². The van der Waals surface area contributed by atoms with Crippen molar-refractivity contribution in [2.45, 2.75) is 105 Å². The van der Waals surface area contributed by atoms with Crippen molar-refractivity contribution in [2.75, 3.05) is 6.61 Å². The van der Waals surface area contributed by atoms with E-state index in [4.69, 9.17) is 0 Å². The molecular formula is C28H48O2. The molecule has 3 fully saturated rings. The summed E-state index contributed by atoms with van der Waals surface area (Å²) < 4.78 is 0. The predicted octanol–water partition coefficient (Wildman–Crippen LogP) is 6.61. The van der Waals surface area contributed by atoms with E-state index in [0.717, 1.165) is 42.4 Å². The maximum atomic E-state index is 10.2. The van der Waals surface area contributed by atoms with Crippen molar-refractivity contribution in [1.82, 2.24) is 0 Å². The van der Waals surface area contributed by atoms with Gasteiger partial charge in [-0.2, -0.15) is 0 Å². The highest BCUT2D eigenvalue weighted by Gasteiger charge is 2.59. The van der Waals surface area contributed by atoms with Crippen LogP contribution in [0.5, 0.6) is 0 Å². The molecule has 0 radical (unpaired) electrons. The van der Waals surface area contributed by atoms with E-state index >= 15 is 0 Å². The molecule has 2 heteroatoms. The maximum absolute atomic E-state index is 10.2. The molecule has 0 heterocycles. The zero-order chi connectivity index (χ0) is 21.7. The van der Waals surface area contributed by atoms with Crippen LogP contribution in [-0.4, -0.2) is 22.9 Å². The third-order valence-corrected chi connectivity index (χ3v) is 11.2. The number of allylic oxidation sites excluding steroid dienone is 1. The summed E-state index contributed by atoms with van der Waals surface area (Å²) >= 11 is 0. The van der Waals surface area contributed by atoms with Crippen LogP contribution in [0.2, 0.25) is 0 Å². The lowest BCUT2D eigenvalue weighted by Gasteiger charge is -2.58. The molecular weight excluding hydrogens is 368 g/mol. The first-order valence-corrected chi connectivity index (χ1v) is 13.2. The van der Waals surface area contributed by atoms with E-state index in [1.54, 1.807) is 5.57 Å². The SMILES string of the molecule is CC(CO)C(C)CCC(C)C1CCC2C3CC=C4CC(O)CCC4(C)C3CCC12C. The smallest absolute Gasteiger partial charge is 0.0577 e. The Balaban J connectivity index is 1.46. The summed E-state index contributed by atoms with van der Waals surface area (Å²) in [7, 11) is 0. The first-order chi connectivity index (χ1) is 14.2. The van der Waals surface area contributed by atoms with Crippen molar-refractivity contribution in [1.29, 1.82) is 0 Å². The number of rotatable bonds is 6. The first-order valence-electron chi connectivity index (χ1n) is 13.2. The zero-order valence-corrected chi connectivity index (χ0v) is 20.4. The quantitative estimate of drug-likeness (QED) is 0.478. The minimum atomic E-state index is -0.0950. The van der Waals surface area contributed by atoms with Crippen LogP contribution in [0.4, 0.5) is 0 Å². The van der Waals surface area contributed by atoms with E-state index in [2.05, 4.69) is 40.7 Å². The Morgan fingerprint density at radius 2 is 1.73 bits per heavy atom. The largest absolute Gasteiger partial charge is 0.396 e. The Morgan fingerprint density at radius 3 is 2.47 bits per heavy atom. The van der Waals surface area contributed by atoms with E-state index in [1.165, 1.54) is 51.4 Å². The van der Waals surface area contributed by atoms with E-state index < -0.39 is 0 Å². The highest BCUT2D eigenvalue weighted by atomic mass is 16.3. The van der Waals surface area contributed by atoms with E-state index in [9.17, 15) is 10.2 Å². The Bertz CT molecular complexity index is 641. The monoisotopic (exact) mass is 416 g/mol. The van der Waals surface area contributed by atoms with Crippen LogP contribution in [0, 0.1) is 52.3 Å². The predicted molar refractivity (Wildman–Crippen MR) is 125 cm³/mol. The van der Waals surface area contributed by atoms with E-state index in [1.807, 2.05) is 0 Å². The number of hydrogen-bond donors (Lipinski definition) is 2. The minimum absolute atomic E-state index is 0.0950. The van der Waals surface area contributed by atoms with Crippen LogP contribution in [0.1, 0.15) is 98.8 Å². The van der Waals surface area contributed by atoms with Gasteiger partial charge in [-0.25, -0.2) is 0 Å². The molecule has 4 aliphatic rings. The van der Waals surface area contributed by atoms with Crippen molar-refractivity contribution >= 4 is 0 Å². The fourth-order valence-corrected chi connectivity index (χ4v) is 8.81. The molecule has 0 saturated heterocycles. The molecule has 30 heavy (non-hydrogen) atoms. The van der Waals surface area contributed by atoms with Crippen LogP contribution >= 0.6 is 0 Å². The fraction of sp³-hybridized carbons (Fsp3) is 0.929. The number of aliphatic hydroxyl groups is 2. The summed E-state index contributed by atoms with van der Waals surface area (Å²) in [6, 6.07) is 0. The van der Waals surface area contributed by atoms with Gasteiger partial charge in [0.1, 0.15) is 0 Å². The molecule has 0 aromatic carbocycles. The molecule has 2 N–H and O–H groups in total. The lowest BCUT2D eigenvalue weighted by atomic mass is 9.47. The highest BCUT2D eigenvalue weighted by molar-refractivity contribution is 5.25. The Labute approximate surface area is 185 Å². The van der Waals surface area contributed by atoms with Crippen molar-refractivity contribution in [3.8, 4) is 0 Å². The molecule has 2 nitrogen and oxygen atoms in total. The summed E-state index contributed by atoms with van der Waals surface area (Å²) in [6.07, 6.45) is 15.2. The van der Waals surface area contributed by atoms with Crippen LogP contribution in [0.3, 0.4) is 0 Å². The summed E-state index contributed by atoms with van der Waals surface area (Å²) in [5, 5.41) is 19.7. The lowest BCUT2D eigenvalue weighted by molar-refractivity contribution is -0.0575. The van der Waals surface area contributed by atoms with Gasteiger partial charge in [0.25, 0.3) is 0 Å². The second-order valence-corrected chi connectivity index (χ2v) is 12.6. The van der Waals surface area contributed by atoms with Crippen LogP contribution in [0.15, 0.2) is 11.6 Å². The van der Waals surface area contributed by atoms with E-state index in [0.29, 0.717) is 29.3 Å². The molecule has 0 bridgehead atoms. The molecule has 4 rings (SSSR count). The molecule has 0 aromatic heterocycles. The molecule has 172 valence electrons. The average Bonchev–Trinajstić information content (AvgIpc) is 3.09. The molecule has 0 aliphatic heterocycles. The third kappa shape index (κ3) is 3.72. The van der Waals surface area contributed by atoms with Gasteiger partial charge in [0.05, 0.1) is 6.10 Å². The molecule has 4 aliphatic carbocycles. The van der Waals surface area contributed by atoms with E-state index in [-0.39, 0.29) is 6.10 Å². The normalized spacial score (nSPS) is 46.2. The molecule has 3 saturated carbocycles. The van der Waals surface area contributed by atoms with Gasteiger partial charge in [-0.05, 0) is 104 Å². The summed E-state index contributed by atoms with van der Waals surface area (Å²) in [6.45, 7) is 12.6. The van der Waals surface area contributed by atoms with Gasteiger partial charge in [0.15, 0.2) is 0 Å².